The van der Waals surface area contributed by atoms with Gasteiger partial charge in [0, 0.05) is 12.3 Å². The number of carbonyl (C=O) groups excluding carboxylic acids is 1. The van der Waals surface area contributed by atoms with Crippen molar-refractivity contribution < 1.29 is 18.3 Å². The Morgan fingerprint density at radius 2 is 2.00 bits per heavy atom. The van der Waals surface area contributed by atoms with Crippen LogP contribution in [0.5, 0.6) is 0 Å². The Kier molecular flexibility index (Phi) is 4.99. The molecule has 5 nitrogen and oxygen atoms in total. The molecule has 0 saturated heterocycles. The van der Waals surface area contributed by atoms with Gasteiger partial charge in [-0.25, -0.2) is 23.2 Å². The van der Waals surface area contributed by atoms with Crippen molar-refractivity contribution in [1.82, 2.24) is 14.8 Å². The fourth-order valence-corrected chi connectivity index (χ4v) is 2.78. The summed E-state index contributed by atoms with van der Waals surface area (Å²) >= 11 is 5.80. The maximum absolute atomic E-state index is 14.0. The molecular formula is C18H14ClF2N3O2. The molecule has 0 radical (unpaired) electrons. The van der Waals surface area contributed by atoms with Gasteiger partial charge in [0.2, 0.25) is 0 Å². The van der Waals surface area contributed by atoms with Gasteiger partial charge in [-0.1, -0.05) is 11.6 Å². The first-order valence-corrected chi connectivity index (χ1v) is 8.04. The van der Waals surface area contributed by atoms with Gasteiger partial charge in [0.05, 0.1) is 11.4 Å². The maximum Gasteiger partial charge on any atom is 0.342 e. The molecule has 134 valence electrons. The smallest absolute Gasteiger partial charge is 0.342 e. The fraction of sp³-hybridized carbons (Fsp3) is 0.167. The molecule has 1 aromatic carbocycles. The number of aryl methyl sites for hydroxylation is 1. The molecule has 26 heavy (non-hydrogen) atoms. The van der Waals surface area contributed by atoms with Gasteiger partial charge in [-0.3, -0.25) is 0 Å². The van der Waals surface area contributed by atoms with Gasteiger partial charge in [-0.15, -0.1) is 0 Å². The second kappa shape index (κ2) is 7.21. The number of hydrogen-bond acceptors (Lipinski definition) is 4. The van der Waals surface area contributed by atoms with Crippen LogP contribution in [0.2, 0.25) is 5.15 Å². The molecule has 0 aliphatic carbocycles. The van der Waals surface area contributed by atoms with Gasteiger partial charge >= 0.3 is 5.97 Å². The van der Waals surface area contributed by atoms with E-state index in [0.717, 1.165) is 12.1 Å². The maximum atomic E-state index is 14.0. The summed E-state index contributed by atoms with van der Waals surface area (Å²) in [7, 11) is 0. The van der Waals surface area contributed by atoms with Crippen LogP contribution in [0, 0.1) is 25.5 Å². The number of ether oxygens (including phenoxy) is 1. The quantitative estimate of drug-likeness (QED) is 0.505. The fourth-order valence-electron chi connectivity index (χ4n) is 2.58. The second-order valence-corrected chi connectivity index (χ2v) is 6.00. The van der Waals surface area contributed by atoms with Crippen molar-refractivity contribution in [2.75, 3.05) is 0 Å². The van der Waals surface area contributed by atoms with Crippen molar-refractivity contribution in [2.45, 2.75) is 20.5 Å². The lowest BCUT2D eigenvalue weighted by Gasteiger charge is -2.07. The minimum absolute atomic E-state index is 0.00996. The predicted molar refractivity (Wildman–Crippen MR) is 91.3 cm³/mol. The summed E-state index contributed by atoms with van der Waals surface area (Å²) in [6, 6.07) is 6.41. The van der Waals surface area contributed by atoms with E-state index in [4.69, 9.17) is 16.3 Å². The van der Waals surface area contributed by atoms with Crippen molar-refractivity contribution >= 4 is 17.6 Å². The van der Waals surface area contributed by atoms with E-state index in [-0.39, 0.29) is 17.9 Å². The molecule has 0 fully saturated rings. The highest BCUT2D eigenvalue weighted by molar-refractivity contribution is 6.29. The number of carbonyl (C=O) groups is 1. The van der Waals surface area contributed by atoms with Crippen LogP contribution in [0.15, 0.2) is 36.5 Å². The van der Waals surface area contributed by atoms with E-state index >= 15 is 0 Å². The molecule has 8 heteroatoms. The molecule has 0 aliphatic heterocycles. The molecule has 3 rings (SSSR count). The predicted octanol–water partition coefficient (Wildman–Crippen LogP) is 4.17. The first-order valence-electron chi connectivity index (χ1n) is 7.66. The summed E-state index contributed by atoms with van der Waals surface area (Å²) in [6.45, 7) is 3.24. The Hall–Kier alpha value is -2.80. The van der Waals surface area contributed by atoms with E-state index in [9.17, 15) is 13.6 Å². The van der Waals surface area contributed by atoms with Crippen LogP contribution in [0.25, 0.3) is 5.69 Å². The summed E-state index contributed by atoms with van der Waals surface area (Å²) in [5, 5.41) is 4.48. The monoisotopic (exact) mass is 377 g/mol. The Balaban J connectivity index is 1.86. The Bertz CT molecular complexity index is 989. The molecule has 0 N–H and O–H groups in total. The van der Waals surface area contributed by atoms with Crippen LogP contribution in [0.3, 0.4) is 0 Å². The molecule has 3 aromatic rings. The van der Waals surface area contributed by atoms with Gasteiger partial charge in [-0.05, 0) is 43.7 Å². The van der Waals surface area contributed by atoms with Crippen molar-refractivity contribution in [3.05, 3.63) is 75.8 Å². The molecular weight excluding hydrogens is 364 g/mol. The molecule has 0 saturated carbocycles. The molecule has 2 aromatic heterocycles. The number of hydrogen-bond donors (Lipinski definition) is 0. The number of benzene rings is 1. The SMILES string of the molecule is Cc1nn(-c2ccc(F)cc2F)c(C)c1C(=O)OCc1ccnc(Cl)c1. The third-order valence-corrected chi connectivity index (χ3v) is 4.00. The van der Waals surface area contributed by atoms with Crippen LogP contribution in [0.1, 0.15) is 27.3 Å². The topological polar surface area (TPSA) is 57.0 Å². The van der Waals surface area contributed by atoms with Crippen LogP contribution >= 0.6 is 11.6 Å². The molecule has 0 unspecified atom stereocenters. The van der Waals surface area contributed by atoms with Gasteiger partial charge in [0.1, 0.15) is 28.8 Å². The number of pyridine rings is 1. The van der Waals surface area contributed by atoms with E-state index in [1.165, 1.54) is 16.9 Å². The summed E-state index contributed by atoms with van der Waals surface area (Å²) in [5.41, 5.74) is 1.74. The minimum atomic E-state index is -0.776. The minimum Gasteiger partial charge on any atom is -0.457 e. The van der Waals surface area contributed by atoms with Crippen LogP contribution in [0.4, 0.5) is 8.78 Å². The highest BCUT2D eigenvalue weighted by Gasteiger charge is 2.22. The number of halogens is 3. The highest BCUT2D eigenvalue weighted by atomic mass is 35.5. The van der Waals surface area contributed by atoms with Crippen LogP contribution in [-0.2, 0) is 11.3 Å². The first kappa shape index (κ1) is 18.0. The van der Waals surface area contributed by atoms with Gasteiger partial charge < -0.3 is 4.74 Å². The molecule has 0 bridgehead atoms. The van der Waals surface area contributed by atoms with E-state index in [1.54, 1.807) is 26.0 Å². The van der Waals surface area contributed by atoms with Crippen LogP contribution < -0.4 is 0 Å². The highest BCUT2D eigenvalue weighted by Crippen LogP contribution is 2.22. The van der Waals surface area contributed by atoms with Crippen molar-refractivity contribution in [3.8, 4) is 5.69 Å². The summed E-state index contributed by atoms with van der Waals surface area (Å²) in [5.74, 6) is -2.06. The molecule has 0 amide bonds. The largest absolute Gasteiger partial charge is 0.457 e. The number of rotatable bonds is 4. The van der Waals surface area contributed by atoms with Crippen LogP contribution in [-0.4, -0.2) is 20.7 Å². The number of nitrogens with zero attached hydrogens (tertiary/aromatic N) is 3. The zero-order valence-corrected chi connectivity index (χ0v) is 14.7. The lowest BCUT2D eigenvalue weighted by atomic mass is 10.2. The van der Waals surface area contributed by atoms with E-state index < -0.39 is 17.6 Å². The standard InChI is InChI=1S/C18H14ClF2N3O2/c1-10-17(18(25)26-9-12-5-6-22-16(19)7-12)11(2)24(23-10)15-4-3-13(20)8-14(15)21/h3-8H,9H2,1-2H3. The summed E-state index contributed by atoms with van der Waals surface area (Å²) < 4.78 is 33.7. The summed E-state index contributed by atoms with van der Waals surface area (Å²) in [6.07, 6.45) is 1.51. The van der Waals surface area contributed by atoms with Crippen molar-refractivity contribution in [3.63, 3.8) is 0 Å². The first-order chi connectivity index (χ1) is 12.4. The van der Waals surface area contributed by atoms with Crippen molar-refractivity contribution in [2.24, 2.45) is 0 Å². The molecule has 0 atom stereocenters. The average molecular weight is 378 g/mol. The Labute approximate surface area is 153 Å². The van der Waals surface area contributed by atoms with E-state index in [1.807, 2.05) is 0 Å². The molecule has 0 aliphatic rings. The number of esters is 1. The normalized spacial score (nSPS) is 10.8. The Morgan fingerprint density at radius 3 is 2.69 bits per heavy atom. The third kappa shape index (κ3) is 3.57. The summed E-state index contributed by atoms with van der Waals surface area (Å²) in [4.78, 5) is 16.3. The lowest BCUT2D eigenvalue weighted by Crippen LogP contribution is -2.09. The number of aromatic nitrogens is 3. The lowest BCUT2D eigenvalue weighted by molar-refractivity contribution is 0.0471. The Morgan fingerprint density at radius 1 is 1.23 bits per heavy atom. The molecule has 0 spiro atoms. The van der Waals surface area contributed by atoms with Gasteiger partial charge in [-0.2, -0.15) is 5.10 Å². The third-order valence-electron chi connectivity index (χ3n) is 3.79. The van der Waals surface area contributed by atoms with Gasteiger partial charge in [0.25, 0.3) is 0 Å². The van der Waals surface area contributed by atoms with Gasteiger partial charge in [0.15, 0.2) is 5.82 Å². The second-order valence-electron chi connectivity index (χ2n) is 5.62. The van der Waals surface area contributed by atoms with E-state index in [0.29, 0.717) is 22.1 Å². The van der Waals surface area contributed by atoms with Crippen molar-refractivity contribution in [1.29, 1.82) is 0 Å². The average Bonchev–Trinajstić information content (AvgIpc) is 2.87. The zero-order valence-electron chi connectivity index (χ0n) is 14.0. The zero-order chi connectivity index (χ0) is 18.8. The van der Waals surface area contributed by atoms with E-state index in [2.05, 4.69) is 10.1 Å². The molecule has 2 heterocycles.